The number of esters is 1. The summed E-state index contributed by atoms with van der Waals surface area (Å²) in [5.74, 6) is -0.0265. The van der Waals surface area contributed by atoms with Crippen LogP contribution in [0.15, 0.2) is 48.5 Å². The van der Waals surface area contributed by atoms with Crippen LogP contribution in [0.4, 0.5) is 5.69 Å². The molecule has 0 saturated heterocycles. The van der Waals surface area contributed by atoms with Gasteiger partial charge in [-0.05, 0) is 49.1 Å². The molecule has 1 amide bonds. The summed E-state index contributed by atoms with van der Waals surface area (Å²) in [5.41, 5.74) is 2.81. The van der Waals surface area contributed by atoms with E-state index >= 15 is 0 Å². The lowest BCUT2D eigenvalue weighted by molar-refractivity contribution is -0.153. The molecule has 0 aliphatic heterocycles. The van der Waals surface area contributed by atoms with Gasteiger partial charge in [0.2, 0.25) is 0 Å². The molecule has 0 aliphatic carbocycles. The number of benzene rings is 2. The molecule has 1 atom stereocenters. The summed E-state index contributed by atoms with van der Waals surface area (Å²) in [5, 5.41) is 2.75. The van der Waals surface area contributed by atoms with Gasteiger partial charge >= 0.3 is 5.97 Å². The van der Waals surface area contributed by atoms with Crippen LogP contribution >= 0.6 is 0 Å². The van der Waals surface area contributed by atoms with Crippen molar-refractivity contribution in [3.05, 3.63) is 59.7 Å². The number of methoxy groups -OCH3 is 1. The minimum atomic E-state index is -0.856. The number of nitrogens with one attached hydrogen (secondary N) is 1. The molecule has 2 rings (SSSR count). The third kappa shape index (κ3) is 5.62. The molecule has 0 fully saturated rings. The largest absolute Gasteiger partial charge is 0.496 e. The highest BCUT2D eigenvalue weighted by molar-refractivity contribution is 5.95. The monoisotopic (exact) mass is 355 g/mol. The fourth-order valence-electron chi connectivity index (χ4n) is 2.52. The van der Waals surface area contributed by atoms with Crippen molar-refractivity contribution >= 4 is 17.6 Å². The van der Waals surface area contributed by atoms with Gasteiger partial charge in [0, 0.05) is 12.1 Å². The number of hydrogen-bond donors (Lipinski definition) is 1. The first-order valence-corrected chi connectivity index (χ1v) is 8.74. The molecule has 0 aromatic heterocycles. The highest BCUT2D eigenvalue weighted by atomic mass is 16.5. The Kier molecular flexibility index (Phi) is 7.21. The number of amides is 1. The smallest absolute Gasteiger partial charge is 0.306 e. The molecule has 0 radical (unpaired) electrons. The van der Waals surface area contributed by atoms with Gasteiger partial charge in [-0.1, -0.05) is 37.3 Å². The molecule has 0 spiro atoms. The van der Waals surface area contributed by atoms with E-state index in [2.05, 4.69) is 12.2 Å². The van der Waals surface area contributed by atoms with Crippen LogP contribution in [0.1, 0.15) is 31.4 Å². The van der Waals surface area contributed by atoms with Crippen LogP contribution in [0, 0.1) is 0 Å². The van der Waals surface area contributed by atoms with Crippen LogP contribution < -0.4 is 10.1 Å². The molecule has 5 heteroatoms. The van der Waals surface area contributed by atoms with E-state index in [-0.39, 0.29) is 12.3 Å². The number of para-hydroxylation sites is 1. The van der Waals surface area contributed by atoms with E-state index in [9.17, 15) is 9.59 Å². The van der Waals surface area contributed by atoms with Crippen LogP contribution in [0.2, 0.25) is 0 Å². The standard InChI is InChI=1S/C21H25NO4/c1-4-16-9-12-18(13-10-16)22-21(24)15(2)26-20(23)14-11-17-7-5-6-8-19(17)25-3/h5-10,12-13,15H,4,11,14H2,1-3H3,(H,22,24)/t15-/m1/s1. The number of rotatable bonds is 8. The second-order valence-electron chi connectivity index (χ2n) is 5.98. The Morgan fingerprint density at radius 2 is 1.77 bits per heavy atom. The molecule has 0 bridgehead atoms. The Balaban J connectivity index is 1.82. The van der Waals surface area contributed by atoms with Crippen molar-refractivity contribution in [3.63, 3.8) is 0 Å². The van der Waals surface area contributed by atoms with E-state index < -0.39 is 12.1 Å². The van der Waals surface area contributed by atoms with Crippen molar-refractivity contribution in [2.75, 3.05) is 12.4 Å². The van der Waals surface area contributed by atoms with Gasteiger partial charge in [-0.15, -0.1) is 0 Å². The second kappa shape index (κ2) is 9.61. The summed E-state index contributed by atoms with van der Waals surface area (Å²) in [6.45, 7) is 3.64. The third-order valence-electron chi connectivity index (χ3n) is 4.10. The Hall–Kier alpha value is -2.82. The predicted molar refractivity (Wildman–Crippen MR) is 101 cm³/mol. The number of aryl methyl sites for hydroxylation is 2. The molecule has 0 heterocycles. The van der Waals surface area contributed by atoms with Gasteiger partial charge in [0.1, 0.15) is 5.75 Å². The molecule has 138 valence electrons. The maximum atomic E-state index is 12.2. The molecular formula is C21H25NO4. The summed E-state index contributed by atoms with van der Waals surface area (Å²) in [7, 11) is 1.59. The zero-order valence-corrected chi connectivity index (χ0v) is 15.5. The number of hydrogen-bond acceptors (Lipinski definition) is 4. The van der Waals surface area contributed by atoms with E-state index in [0.717, 1.165) is 17.7 Å². The van der Waals surface area contributed by atoms with Gasteiger partial charge in [-0.2, -0.15) is 0 Å². The highest BCUT2D eigenvalue weighted by Gasteiger charge is 2.18. The lowest BCUT2D eigenvalue weighted by Gasteiger charge is -2.14. The molecule has 0 saturated carbocycles. The zero-order valence-electron chi connectivity index (χ0n) is 15.5. The molecule has 0 unspecified atom stereocenters. The van der Waals surface area contributed by atoms with Crippen molar-refractivity contribution < 1.29 is 19.1 Å². The summed E-state index contributed by atoms with van der Waals surface area (Å²) >= 11 is 0. The van der Waals surface area contributed by atoms with Crippen molar-refractivity contribution in [1.29, 1.82) is 0 Å². The second-order valence-corrected chi connectivity index (χ2v) is 5.98. The zero-order chi connectivity index (χ0) is 18.9. The van der Waals surface area contributed by atoms with E-state index in [1.807, 2.05) is 48.5 Å². The summed E-state index contributed by atoms with van der Waals surface area (Å²) in [4.78, 5) is 24.2. The van der Waals surface area contributed by atoms with Crippen LogP contribution in [0.3, 0.4) is 0 Å². The topological polar surface area (TPSA) is 64.6 Å². The van der Waals surface area contributed by atoms with Gasteiger partial charge in [-0.3, -0.25) is 9.59 Å². The van der Waals surface area contributed by atoms with Crippen molar-refractivity contribution in [3.8, 4) is 5.75 Å². The van der Waals surface area contributed by atoms with Gasteiger partial charge in [0.15, 0.2) is 6.10 Å². The Labute approximate surface area is 154 Å². The van der Waals surface area contributed by atoms with Crippen LogP contribution in [0.5, 0.6) is 5.75 Å². The van der Waals surface area contributed by atoms with E-state index in [1.54, 1.807) is 14.0 Å². The van der Waals surface area contributed by atoms with E-state index in [0.29, 0.717) is 12.1 Å². The number of anilines is 1. The van der Waals surface area contributed by atoms with Crippen LogP contribution in [-0.4, -0.2) is 25.1 Å². The molecule has 1 N–H and O–H groups in total. The maximum Gasteiger partial charge on any atom is 0.306 e. The number of carbonyl (C=O) groups excluding carboxylic acids is 2. The molecule has 0 aliphatic rings. The van der Waals surface area contributed by atoms with Crippen LogP contribution in [-0.2, 0) is 27.2 Å². The van der Waals surface area contributed by atoms with Crippen molar-refractivity contribution in [2.45, 2.75) is 39.2 Å². The highest BCUT2D eigenvalue weighted by Crippen LogP contribution is 2.19. The third-order valence-corrected chi connectivity index (χ3v) is 4.10. The molecular weight excluding hydrogens is 330 g/mol. The SMILES string of the molecule is CCc1ccc(NC(=O)[C@@H](C)OC(=O)CCc2ccccc2OC)cc1. The Morgan fingerprint density at radius 1 is 1.08 bits per heavy atom. The van der Waals surface area contributed by atoms with Gasteiger partial charge < -0.3 is 14.8 Å². The van der Waals surface area contributed by atoms with Crippen molar-refractivity contribution in [1.82, 2.24) is 0 Å². The summed E-state index contributed by atoms with van der Waals surface area (Å²) in [6, 6.07) is 15.1. The summed E-state index contributed by atoms with van der Waals surface area (Å²) in [6.07, 6.45) is 0.763. The minimum absolute atomic E-state index is 0.184. The normalized spacial score (nSPS) is 11.5. The Morgan fingerprint density at radius 3 is 2.42 bits per heavy atom. The Bertz CT molecular complexity index is 740. The average Bonchev–Trinajstić information content (AvgIpc) is 2.67. The minimum Gasteiger partial charge on any atom is -0.496 e. The van der Waals surface area contributed by atoms with E-state index in [1.165, 1.54) is 5.56 Å². The van der Waals surface area contributed by atoms with E-state index in [4.69, 9.17) is 9.47 Å². The fourth-order valence-corrected chi connectivity index (χ4v) is 2.52. The maximum absolute atomic E-state index is 12.2. The number of ether oxygens (including phenoxy) is 2. The molecule has 5 nitrogen and oxygen atoms in total. The van der Waals surface area contributed by atoms with Gasteiger partial charge in [0.05, 0.1) is 7.11 Å². The molecule has 2 aromatic rings. The van der Waals surface area contributed by atoms with Gasteiger partial charge in [-0.25, -0.2) is 0 Å². The fraction of sp³-hybridized carbons (Fsp3) is 0.333. The predicted octanol–water partition coefficient (Wildman–Crippen LogP) is 3.76. The molecule has 2 aromatic carbocycles. The quantitative estimate of drug-likeness (QED) is 0.732. The van der Waals surface area contributed by atoms with Crippen LogP contribution in [0.25, 0.3) is 0 Å². The summed E-state index contributed by atoms with van der Waals surface area (Å²) < 4.78 is 10.5. The lowest BCUT2D eigenvalue weighted by Crippen LogP contribution is -2.30. The van der Waals surface area contributed by atoms with Crippen molar-refractivity contribution in [2.24, 2.45) is 0 Å². The first-order chi connectivity index (χ1) is 12.5. The molecule has 26 heavy (non-hydrogen) atoms. The average molecular weight is 355 g/mol. The first-order valence-electron chi connectivity index (χ1n) is 8.74. The number of carbonyl (C=O) groups is 2. The first kappa shape index (κ1) is 19.5. The van der Waals surface area contributed by atoms with Gasteiger partial charge in [0.25, 0.3) is 5.91 Å². The lowest BCUT2D eigenvalue weighted by atomic mass is 10.1.